The third kappa shape index (κ3) is 10.4. The van der Waals surface area contributed by atoms with Gasteiger partial charge in [-0.1, -0.05) is 12.8 Å². The van der Waals surface area contributed by atoms with E-state index < -0.39 is 36.3 Å². The topological polar surface area (TPSA) is 213 Å². The van der Waals surface area contributed by atoms with Crippen molar-refractivity contribution in [2.75, 3.05) is 50.2 Å². The van der Waals surface area contributed by atoms with Crippen molar-refractivity contribution in [3.8, 4) is 23.3 Å². The first-order valence-electron chi connectivity index (χ1n) is 21.3. The molecule has 0 radical (unpaired) electrons. The fourth-order valence-electron chi connectivity index (χ4n) is 8.40. The lowest BCUT2D eigenvalue weighted by atomic mass is 10.0. The quantitative estimate of drug-likeness (QED) is 0.0321. The summed E-state index contributed by atoms with van der Waals surface area (Å²) in [4.78, 5) is 24.1. The second-order valence-electron chi connectivity index (χ2n) is 17.1. The number of hydrogen-bond acceptors (Lipinski definition) is 13. The number of benzene rings is 3. The van der Waals surface area contributed by atoms with E-state index in [1.807, 2.05) is 13.1 Å². The van der Waals surface area contributed by atoms with Gasteiger partial charge in [0.1, 0.15) is 24.1 Å². The summed E-state index contributed by atoms with van der Waals surface area (Å²) in [6.45, 7) is 5.03. The second kappa shape index (κ2) is 18.6. The molecule has 1 saturated heterocycles. The molecular weight excluding hydrogens is 822 g/mol. The predicted molar refractivity (Wildman–Crippen MR) is 234 cm³/mol. The van der Waals surface area contributed by atoms with Crippen LogP contribution >= 0.6 is 0 Å². The highest BCUT2D eigenvalue weighted by Gasteiger charge is 2.45. The number of methoxy groups -OCH3 is 1. The zero-order valence-corrected chi connectivity index (χ0v) is 35.9. The zero-order valence-electron chi connectivity index (χ0n) is 35.9. The number of nitrogens with two attached hydrogens (primary N) is 1. The minimum atomic E-state index is -4.55. The number of rotatable bonds is 18. The molecule has 2 fully saturated rings. The van der Waals surface area contributed by atoms with Gasteiger partial charge < -0.3 is 51.2 Å². The van der Waals surface area contributed by atoms with E-state index in [4.69, 9.17) is 15.2 Å². The number of aryl methyl sites for hydroxylation is 1. The van der Waals surface area contributed by atoms with Crippen molar-refractivity contribution in [1.82, 2.24) is 24.8 Å². The number of piperidine rings is 1. The molecule has 63 heavy (non-hydrogen) atoms. The van der Waals surface area contributed by atoms with Crippen LogP contribution in [-0.2, 0) is 11.0 Å². The molecule has 0 spiro atoms. The van der Waals surface area contributed by atoms with E-state index in [-0.39, 0.29) is 28.8 Å². The lowest BCUT2D eigenvalue weighted by Crippen LogP contribution is -2.47. The SMILES string of the molecule is COc1cc2nc(C)nc(N[C@H](C)c3cc(N)cc(C(F)(F)F)c3)c2cc1OCC1(CN(C)C(=O)CCCCCCNc2ccc3c(O)n(C4CCC(O)NC4O)c(O)c3c2)CC1. The summed E-state index contributed by atoms with van der Waals surface area (Å²) in [5, 5.41) is 52.8. The smallest absolute Gasteiger partial charge is 0.416 e. The van der Waals surface area contributed by atoms with Crippen LogP contribution in [0.2, 0.25) is 0 Å². The van der Waals surface area contributed by atoms with Crippen LogP contribution in [0.25, 0.3) is 21.7 Å². The molecule has 3 unspecified atom stereocenters. The van der Waals surface area contributed by atoms with Crippen LogP contribution in [0.1, 0.15) is 93.7 Å². The van der Waals surface area contributed by atoms with E-state index in [0.717, 1.165) is 56.3 Å². The average molecular weight is 879 g/mol. The van der Waals surface area contributed by atoms with Gasteiger partial charge in [0, 0.05) is 65.6 Å². The maximum atomic E-state index is 13.6. The Kier molecular flexibility index (Phi) is 13.3. The monoisotopic (exact) mass is 878 g/mol. The molecule has 3 heterocycles. The lowest BCUT2D eigenvalue weighted by molar-refractivity contribution is -0.137. The van der Waals surface area contributed by atoms with Crippen LogP contribution in [0.5, 0.6) is 23.3 Å². The van der Waals surface area contributed by atoms with Gasteiger partial charge in [0.05, 0.1) is 36.9 Å². The molecule has 9 N–H and O–H groups in total. The zero-order chi connectivity index (χ0) is 45.2. The van der Waals surface area contributed by atoms with Crippen molar-refractivity contribution in [2.24, 2.45) is 5.41 Å². The number of aromatic hydroxyl groups is 2. The molecule has 5 aromatic rings. The number of aliphatic hydroxyl groups is 2. The highest BCUT2D eigenvalue weighted by Crippen LogP contribution is 2.48. The van der Waals surface area contributed by atoms with Gasteiger partial charge in [0.2, 0.25) is 17.7 Å². The highest BCUT2D eigenvalue weighted by atomic mass is 19.4. The first-order valence-corrected chi connectivity index (χ1v) is 21.3. The van der Waals surface area contributed by atoms with E-state index >= 15 is 0 Å². The number of anilines is 3. The summed E-state index contributed by atoms with van der Waals surface area (Å²) in [6, 6.07) is 11.1. The van der Waals surface area contributed by atoms with Crippen LogP contribution in [0.15, 0.2) is 48.5 Å². The minimum Gasteiger partial charge on any atom is -0.494 e. The normalized spacial score (nSPS) is 18.9. The first-order chi connectivity index (χ1) is 29.9. The van der Waals surface area contributed by atoms with Crippen molar-refractivity contribution in [2.45, 2.75) is 102 Å². The van der Waals surface area contributed by atoms with Crippen molar-refractivity contribution in [1.29, 1.82) is 0 Å². The Morgan fingerprint density at radius 1 is 1.00 bits per heavy atom. The third-order valence-electron chi connectivity index (χ3n) is 12.1. The summed E-state index contributed by atoms with van der Waals surface area (Å²) in [7, 11) is 3.36. The molecule has 18 heteroatoms. The predicted octanol–water partition coefficient (Wildman–Crippen LogP) is 7.33. The number of aliphatic hydroxyl groups excluding tert-OH is 2. The van der Waals surface area contributed by atoms with Crippen LogP contribution < -0.4 is 31.2 Å². The molecule has 2 aliphatic rings. The van der Waals surface area contributed by atoms with Gasteiger partial charge in [0.25, 0.3) is 0 Å². The average Bonchev–Trinajstić information content (AvgIpc) is 3.96. The van der Waals surface area contributed by atoms with Gasteiger partial charge in [-0.15, -0.1) is 0 Å². The third-order valence-corrected chi connectivity index (χ3v) is 12.1. The van der Waals surface area contributed by atoms with Crippen molar-refractivity contribution in [3.63, 3.8) is 0 Å². The number of unbranched alkanes of at least 4 members (excludes halogenated alkanes) is 3. The Hall–Kier alpha value is -5.72. The molecule has 340 valence electrons. The molecule has 1 aliphatic heterocycles. The summed E-state index contributed by atoms with van der Waals surface area (Å²) < 4.78 is 54.0. The number of ether oxygens (including phenoxy) is 2. The number of halogens is 3. The summed E-state index contributed by atoms with van der Waals surface area (Å²) >= 11 is 0. The second-order valence-corrected chi connectivity index (χ2v) is 17.1. The summed E-state index contributed by atoms with van der Waals surface area (Å²) in [6.07, 6.45) is -0.136. The fourth-order valence-corrected chi connectivity index (χ4v) is 8.40. The Morgan fingerprint density at radius 2 is 1.75 bits per heavy atom. The van der Waals surface area contributed by atoms with Crippen molar-refractivity contribution < 1.29 is 47.9 Å². The molecule has 2 aromatic heterocycles. The Balaban J connectivity index is 0.878. The van der Waals surface area contributed by atoms with Gasteiger partial charge in [-0.25, -0.2) is 9.97 Å². The van der Waals surface area contributed by atoms with Gasteiger partial charge in [-0.05, 0) is 100 Å². The van der Waals surface area contributed by atoms with Gasteiger partial charge >= 0.3 is 6.18 Å². The Bertz CT molecular complexity index is 2440. The number of carbonyl (C=O) groups is 1. The molecule has 1 amide bonds. The number of fused-ring (bicyclic) bond motifs is 2. The van der Waals surface area contributed by atoms with Gasteiger partial charge in [-0.2, -0.15) is 13.2 Å². The maximum Gasteiger partial charge on any atom is 0.416 e. The van der Waals surface area contributed by atoms with Crippen molar-refractivity contribution >= 4 is 44.8 Å². The minimum absolute atomic E-state index is 0.00558. The number of nitrogens with one attached hydrogen (secondary N) is 3. The first kappa shape index (κ1) is 45.3. The number of hydrogen-bond donors (Lipinski definition) is 8. The number of alkyl halides is 3. The molecule has 1 aliphatic carbocycles. The Labute approximate surface area is 363 Å². The lowest BCUT2D eigenvalue weighted by Gasteiger charge is -2.33. The van der Waals surface area contributed by atoms with Gasteiger partial charge in [-0.3, -0.25) is 14.7 Å². The number of nitrogens with zero attached hydrogens (tertiary/aromatic N) is 4. The molecule has 15 nitrogen and oxygen atoms in total. The number of carbonyl (C=O) groups excluding carboxylic acids is 1. The van der Waals surface area contributed by atoms with E-state index in [0.29, 0.717) is 89.3 Å². The summed E-state index contributed by atoms with van der Waals surface area (Å²) in [5.41, 5.74) is 6.50. The van der Waals surface area contributed by atoms with Gasteiger partial charge in [0.15, 0.2) is 11.5 Å². The molecule has 0 bridgehead atoms. The van der Waals surface area contributed by atoms with E-state index in [1.54, 1.807) is 43.0 Å². The molecule has 3 aromatic carbocycles. The molecule has 4 atom stereocenters. The van der Waals surface area contributed by atoms with Crippen LogP contribution in [0.3, 0.4) is 0 Å². The standard InChI is InChI=1S/C45H57F3N8O7/c1-25(27-17-28(45(46,47)48)19-29(49)18-27)51-40-33-21-37(36(62-4)22-34(33)52-26(2)53-40)63-24-44(14-15-44)23-55(3)39(58)9-7-5-6-8-16-50-30-10-11-31-32(20-30)43(61)56(42(31)60)35-12-13-38(57)54-41(35)59/h10-11,17-22,25,35,38,41,50,54,57,59-61H,5-9,12-16,23-24,49H2,1-4H3,(H,51,52,53)/t25-,35?,38?,41?/m1/s1. The molecule has 1 saturated carbocycles. The fraction of sp³-hybridized carbons (Fsp3) is 0.489. The summed E-state index contributed by atoms with van der Waals surface area (Å²) in [5.74, 6) is 1.57. The van der Waals surface area contributed by atoms with E-state index in [1.165, 1.54) is 17.7 Å². The van der Waals surface area contributed by atoms with E-state index in [9.17, 15) is 38.4 Å². The Morgan fingerprint density at radius 3 is 2.46 bits per heavy atom. The van der Waals surface area contributed by atoms with Crippen LogP contribution in [-0.4, -0.2) is 92.1 Å². The molecule has 7 rings (SSSR count). The maximum absolute atomic E-state index is 13.6. The number of aromatic nitrogens is 3. The number of nitrogen functional groups attached to an aromatic ring is 1. The highest BCUT2D eigenvalue weighted by molar-refractivity contribution is 5.95. The van der Waals surface area contributed by atoms with E-state index in [2.05, 4.69) is 25.9 Å². The van der Waals surface area contributed by atoms with Crippen LogP contribution in [0, 0.1) is 12.3 Å². The molecular formula is C45H57F3N8O7. The number of amides is 1. The van der Waals surface area contributed by atoms with Crippen LogP contribution in [0.4, 0.5) is 30.4 Å². The van der Waals surface area contributed by atoms with Crippen molar-refractivity contribution in [3.05, 3.63) is 65.5 Å². The largest absolute Gasteiger partial charge is 0.494 e.